The van der Waals surface area contributed by atoms with Gasteiger partial charge in [-0.1, -0.05) is 13.0 Å². The Kier molecular flexibility index (Phi) is 4.90. The van der Waals surface area contributed by atoms with Crippen LogP contribution >= 0.6 is 0 Å². The summed E-state index contributed by atoms with van der Waals surface area (Å²) in [5.74, 6) is 0. The summed E-state index contributed by atoms with van der Waals surface area (Å²) in [5, 5.41) is 3.40. The molecule has 0 saturated heterocycles. The highest BCUT2D eigenvalue weighted by molar-refractivity contribution is 5.04. The van der Waals surface area contributed by atoms with Crippen LogP contribution in [0.1, 0.15) is 24.7 Å². The van der Waals surface area contributed by atoms with Crippen LogP contribution in [0.4, 0.5) is 0 Å². The smallest absolute Gasteiger partial charge is 0.0948 e. The largest absolute Gasteiger partial charge is 0.333 e. The van der Waals surface area contributed by atoms with E-state index in [2.05, 4.69) is 32.8 Å². The SMILES string of the molecule is CCCNCc1cncn1CCc1ccccn1. The molecule has 18 heavy (non-hydrogen) atoms. The van der Waals surface area contributed by atoms with Crippen molar-refractivity contribution in [2.45, 2.75) is 32.9 Å². The Bertz CT molecular complexity index is 450. The Morgan fingerprint density at radius 3 is 3.06 bits per heavy atom. The molecule has 0 spiro atoms. The lowest BCUT2D eigenvalue weighted by Gasteiger charge is -2.08. The summed E-state index contributed by atoms with van der Waals surface area (Å²) in [4.78, 5) is 8.55. The number of aryl methyl sites for hydroxylation is 2. The third kappa shape index (κ3) is 3.67. The molecule has 4 heteroatoms. The van der Waals surface area contributed by atoms with Gasteiger partial charge in [-0.2, -0.15) is 0 Å². The molecule has 0 fully saturated rings. The van der Waals surface area contributed by atoms with Gasteiger partial charge in [0.2, 0.25) is 0 Å². The zero-order valence-electron chi connectivity index (χ0n) is 10.8. The molecule has 0 saturated carbocycles. The summed E-state index contributed by atoms with van der Waals surface area (Å²) in [5.41, 5.74) is 2.36. The van der Waals surface area contributed by atoms with Crippen LogP contribution in [0.15, 0.2) is 36.9 Å². The molecule has 2 aromatic rings. The first-order valence-corrected chi connectivity index (χ1v) is 6.49. The van der Waals surface area contributed by atoms with Crippen molar-refractivity contribution >= 4 is 0 Å². The van der Waals surface area contributed by atoms with Crippen molar-refractivity contribution in [3.05, 3.63) is 48.3 Å². The second-order valence-corrected chi connectivity index (χ2v) is 4.33. The molecule has 4 nitrogen and oxygen atoms in total. The van der Waals surface area contributed by atoms with Crippen LogP contribution < -0.4 is 5.32 Å². The normalized spacial score (nSPS) is 10.7. The quantitative estimate of drug-likeness (QED) is 0.758. The zero-order valence-corrected chi connectivity index (χ0v) is 10.8. The van der Waals surface area contributed by atoms with Crippen LogP contribution in [0.25, 0.3) is 0 Å². The van der Waals surface area contributed by atoms with Crippen molar-refractivity contribution in [3.63, 3.8) is 0 Å². The monoisotopic (exact) mass is 244 g/mol. The lowest BCUT2D eigenvalue weighted by Crippen LogP contribution is -2.17. The molecule has 96 valence electrons. The molecule has 2 rings (SSSR count). The Morgan fingerprint density at radius 1 is 1.33 bits per heavy atom. The lowest BCUT2D eigenvalue weighted by atomic mass is 10.2. The van der Waals surface area contributed by atoms with Crippen LogP contribution in [0, 0.1) is 0 Å². The summed E-state index contributed by atoms with van der Waals surface area (Å²) in [6.07, 6.45) is 7.76. The van der Waals surface area contributed by atoms with E-state index in [1.807, 2.05) is 30.9 Å². The third-order valence-corrected chi connectivity index (χ3v) is 2.87. The maximum absolute atomic E-state index is 4.33. The first-order chi connectivity index (χ1) is 8.90. The number of rotatable bonds is 7. The fourth-order valence-electron chi connectivity index (χ4n) is 1.87. The maximum Gasteiger partial charge on any atom is 0.0948 e. The van der Waals surface area contributed by atoms with Crippen LogP contribution in [0.3, 0.4) is 0 Å². The number of nitrogens with one attached hydrogen (secondary N) is 1. The minimum absolute atomic E-state index is 0.885. The van der Waals surface area contributed by atoms with E-state index in [0.717, 1.165) is 38.2 Å². The van der Waals surface area contributed by atoms with E-state index < -0.39 is 0 Å². The lowest BCUT2D eigenvalue weighted by molar-refractivity contribution is 0.601. The number of hydrogen-bond donors (Lipinski definition) is 1. The molecule has 0 aliphatic rings. The molecule has 2 heterocycles. The summed E-state index contributed by atoms with van der Waals surface area (Å²) >= 11 is 0. The first kappa shape index (κ1) is 12.8. The first-order valence-electron chi connectivity index (χ1n) is 6.49. The Morgan fingerprint density at radius 2 is 2.28 bits per heavy atom. The van der Waals surface area contributed by atoms with Crippen LogP contribution in [-0.2, 0) is 19.5 Å². The van der Waals surface area contributed by atoms with Crippen LogP contribution in [0.5, 0.6) is 0 Å². The molecule has 2 aromatic heterocycles. The molecule has 0 aliphatic heterocycles. The average Bonchev–Trinajstić information content (AvgIpc) is 2.86. The van der Waals surface area contributed by atoms with Gasteiger partial charge in [0.25, 0.3) is 0 Å². The predicted molar refractivity (Wildman–Crippen MR) is 72.2 cm³/mol. The van der Waals surface area contributed by atoms with E-state index >= 15 is 0 Å². The minimum Gasteiger partial charge on any atom is -0.333 e. The van der Waals surface area contributed by atoms with Crippen molar-refractivity contribution in [2.75, 3.05) is 6.54 Å². The number of nitrogens with zero attached hydrogens (tertiary/aromatic N) is 3. The van der Waals surface area contributed by atoms with Crippen molar-refractivity contribution < 1.29 is 0 Å². The predicted octanol–water partition coefficient (Wildman–Crippen LogP) is 2.02. The van der Waals surface area contributed by atoms with Gasteiger partial charge in [0, 0.05) is 37.6 Å². The third-order valence-electron chi connectivity index (χ3n) is 2.87. The van der Waals surface area contributed by atoms with E-state index in [0.29, 0.717) is 0 Å². The molecule has 0 aliphatic carbocycles. The van der Waals surface area contributed by atoms with E-state index in [1.165, 1.54) is 5.69 Å². The van der Waals surface area contributed by atoms with Crippen molar-refractivity contribution in [2.24, 2.45) is 0 Å². The van der Waals surface area contributed by atoms with Crippen molar-refractivity contribution in [1.29, 1.82) is 0 Å². The molecule has 0 amide bonds. The van der Waals surface area contributed by atoms with Gasteiger partial charge in [-0.15, -0.1) is 0 Å². The highest BCUT2D eigenvalue weighted by Gasteiger charge is 2.02. The second-order valence-electron chi connectivity index (χ2n) is 4.33. The Hall–Kier alpha value is -1.68. The van der Waals surface area contributed by atoms with Gasteiger partial charge in [-0.05, 0) is 25.1 Å². The Balaban J connectivity index is 1.87. The second kappa shape index (κ2) is 6.91. The van der Waals surface area contributed by atoms with Gasteiger partial charge in [0.05, 0.1) is 12.0 Å². The summed E-state index contributed by atoms with van der Waals surface area (Å²) in [6.45, 7) is 5.03. The topological polar surface area (TPSA) is 42.7 Å². The van der Waals surface area contributed by atoms with Crippen LogP contribution in [-0.4, -0.2) is 21.1 Å². The fourth-order valence-corrected chi connectivity index (χ4v) is 1.87. The van der Waals surface area contributed by atoms with Gasteiger partial charge >= 0.3 is 0 Å². The van der Waals surface area contributed by atoms with Gasteiger partial charge < -0.3 is 9.88 Å². The van der Waals surface area contributed by atoms with Gasteiger partial charge in [-0.3, -0.25) is 4.98 Å². The molecule has 0 bridgehead atoms. The van der Waals surface area contributed by atoms with E-state index in [1.54, 1.807) is 0 Å². The molecule has 1 N–H and O–H groups in total. The zero-order chi connectivity index (χ0) is 12.6. The standard InChI is InChI=1S/C14H20N4/c1-2-7-15-10-14-11-16-12-18(14)9-6-13-5-3-4-8-17-13/h3-5,8,11-12,15H,2,6-7,9-10H2,1H3. The van der Waals surface area contributed by atoms with Gasteiger partial charge in [-0.25, -0.2) is 4.98 Å². The highest BCUT2D eigenvalue weighted by Crippen LogP contribution is 2.03. The highest BCUT2D eigenvalue weighted by atomic mass is 15.1. The molecule has 0 radical (unpaired) electrons. The fraction of sp³-hybridized carbons (Fsp3) is 0.429. The van der Waals surface area contributed by atoms with E-state index in [9.17, 15) is 0 Å². The molecule has 0 atom stereocenters. The van der Waals surface area contributed by atoms with Crippen molar-refractivity contribution in [3.8, 4) is 0 Å². The van der Waals surface area contributed by atoms with E-state index in [4.69, 9.17) is 0 Å². The number of aromatic nitrogens is 3. The summed E-state index contributed by atoms with van der Waals surface area (Å²) in [6, 6.07) is 6.03. The van der Waals surface area contributed by atoms with E-state index in [-0.39, 0.29) is 0 Å². The number of pyridine rings is 1. The Labute approximate surface area is 108 Å². The van der Waals surface area contributed by atoms with Gasteiger partial charge in [0.1, 0.15) is 0 Å². The summed E-state index contributed by atoms with van der Waals surface area (Å²) in [7, 11) is 0. The van der Waals surface area contributed by atoms with Gasteiger partial charge in [0.15, 0.2) is 0 Å². The average molecular weight is 244 g/mol. The molecule has 0 aromatic carbocycles. The van der Waals surface area contributed by atoms with Crippen LogP contribution in [0.2, 0.25) is 0 Å². The molecular formula is C14H20N4. The number of hydrogen-bond acceptors (Lipinski definition) is 3. The maximum atomic E-state index is 4.33. The number of imidazole rings is 1. The van der Waals surface area contributed by atoms with Crippen molar-refractivity contribution in [1.82, 2.24) is 19.9 Å². The summed E-state index contributed by atoms with van der Waals surface area (Å²) < 4.78 is 2.19. The minimum atomic E-state index is 0.885. The molecule has 0 unspecified atom stereocenters. The molecular weight excluding hydrogens is 224 g/mol.